The van der Waals surface area contributed by atoms with E-state index < -0.39 is 6.61 Å². The Kier molecular flexibility index (Phi) is 4.19. The molecular formula is C17H17F2N5O. The van der Waals surface area contributed by atoms with Crippen LogP contribution in [0.4, 0.5) is 14.6 Å². The molecule has 0 unspecified atom stereocenters. The maximum Gasteiger partial charge on any atom is 0.387 e. The summed E-state index contributed by atoms with van der Waals surface area (Å²) in [4.78, 5) is 6.51. The molecule has 2 aromatic heterocycles. The zero-order chi connectivity index (χ0) is 17.2. The van der Waals surface area contributed by atoms with Crippen LogP contribution in [0.15, 0.2) is 42.6 Å². The molecule has 1 aromatic carbocycles. The molecule has 0 radical (unpaired) electrons. The fraction of sp³-hybridized carbons (Fsp3) is 0.294. The number of benzene rings is 1. The van der Waals surface area contributed by atoms with Gasteiger partial charge in [0.15, 0.2) is 5.65 Å². The third kappa shape index (κ3) is 3.12. The molecule has 0 saturated carbocycles. The number of imidazole rings is 1. The number of fused-ring (bicyclic) bond motifs is 1. The lowest BCUT2D eigenvalue weighted by molar-refractivity contribution is -0.0494. The number of aromatic nitrogens is 3. The van der Waals surface area contributed by atoms with E-state index >= 15 is 0 Å². The quantitative estimate of drug-likeness (QED) is 0.787. The van der Waals surface area contributed by atoms with Crippen LogP contribution in [0.3, 0.4) is 0 Å². The molecule has 1 aliphatic rings. The first-order valence-corrected chi connectivity index (χ1v) is 8.07. The third-order valence-electron chi connectivity index (χ3n) is 4.17. The molecule has 0 atom stereocenters. The van der Waals surface area contributed by atoms with E-state index in [4.69, 9.17) is 0 Å². The maximum absolute atomic E-state index is 12.7. The Hall–Kier alpha value is -2.74. The molecule has 1 aliphatic heterocycles. The summed E-state index contributed by atoms with van der Waals surface area (Å²) in [6.07, 6.45) is 1.62. The van der Waals surface area contributed by atoms with Crippen molar-refractivity contribution >= 4 is 11.5 Å². The van der Waals surface area contributed by atoms with Crippen molar-refractivity contribution in [2.24, 2.45) is 0 Å². The number of alkyl halides is 2. The highest BCUT2D eigenvalue weighted by atomic mass is 19.3. The Labute approximate surface area is 143 Å². The maximum atomic E-state index is 12.7. The second-order valence-corrected chi connectivity index (χ2v) is 5.72. The number of anilines is 1. The molecule has 6 nitrogen and oxygen atoms in total. The topological polar surface area (TPSA) is 54.7 Å². The monoisotopic (exact) mass is 345 g/mol. The molecule has 1 N–H and O–H groups in total. The summed E-state index contributed by atoms with van der Waals surface area (Å²) >= 11 is 0. The van der Waals surface area contributed by atoms with Crippen molar-refractivity contribution in [3.8, 4) is 17.0 Å². The van der Waals surface area contributed by atoms with Gasteiger partial charge in [-0.1, -0.05) is 12.1 Å². The summed E-state index contributed by atoms with van der Waals surface area (Å²) in [5.74, 6) is 0.939. The Balaban J connectivity index is 1.78. The molecule has 25 heavy (non-hydrogen) atoms. The number of rotatable bonds is 4. The van der Waals surface area contributed by atoms with Crippen LogP contribution in [0.1, 0.15) is 0 Å². The van der Waals surface area contributed by atoms with Gasteiger partial charge in [-0.2, -0.15) is 8.78 Å². The van der Waals surface area contributed by atoms with Gasteiger partial charge in [0.25, 0.3) is 0 Å². The van der Waals surface area contributed by atoms with Crippen LogP contribution in [0.5, 0.6) is 5.75 Å². The smallest absolute Gasteiger partial charge is 0.387 e. The van der Waals surface area contributed by atoms with Crippen LogP contribution in [0.2, 0.25) is 0 Å². The zero-order valence-corrected chi connectivity index (χ0v) is 13.4. The van der Waals surface area contributed by atoms with Crippen LogP contribution >= 0.6 is 0 Å². The minimum absolute atomic E-state index is 0.105. The normalized spacial score (nSPS) is 15.1. The average molecular weight is 345 g/mol. The Morgan fingerprint density at radius 3 is 2.68 bits per heavy atom. The van der Waals surface area contributed by atoms with Gasteiger partial charge in [-0.05, 0) is 24.3 Å². The number of nitrogens with zero attached hydrogens (tertiary/aromatic N) is 4. The highest BCUT2D eigenvalue weighted by Crippen LogP contribution is 2.31. The fourth-order valence-electron chi connectivity index (χ4n) is 2.99. The molecule has 0 bridgehead atoms. The van der Waals surface area contributed by atoms with Crippen LogP contribution in [-0.2, 0) is 0 Å². The molecule has 3 heterocycles. The standard InChI is InChI=1S/C17H17F2N5O/c18-17(19)25-14-4-2-1-3-12(14)13-11-21-15-5-6-16(22-24(13)15)23-9-7-20-8-10-23/h1-6,11,17,20H,7-10H2. The van der Waals surface area contributed by atoms with Crippen molar-refractivity contribution < 1.29 is 13.5 Å². The zero-order valence-electron chi connectivity index (χ0n) is 13.4. The predicted octanol–water partition coefficient (Wildman–Crippen LogP) is 2.41. The van der Waals surface area contributed by atoms with E-state index in [1.807, 2.05) is 12.1 Å². The van der Waals surface area contributed by atoms with Gasteiger partial charge in [0.1, 0.15) is 11.6 Å². The number of piperazine rings is 1. The van der Waals surface area contributed by atoms with E-state index in [1.54, 1.807) is 28.9 Å². The summed E-state index contributed by atoms with van der Waals surface area (Å²) < 4.78 is 31.7. The van der Waals surface area contributed by atoms with Crippen molar-refractivity contribution in [3.63, 3.8) is 0 Å². The minimum atomic E-state index is -2.88. The molecule has 130 valence electrons. The second kappa shape index (κ2) is 6.64. The number of hydrogen-bond donors (Lipinski definition) is 1. The predicted molar refractivity (Wildman–Crippen MR) is 90.1 cm³/mol. The molecule has 8 heteroatoms. The highest BCUT2D eigenvalue weighted by molar-refractivity contribution is 5.69. The van der Waals surface area contributed by atoms with Crippen molar-refractivity contribution in [1.29, 1.82) is 0 Å². The van der Waals surface area contributed by atoms with Gasteiger partial charge in [-0.25, -0.2) is 9.50 Å². The number of ether oxygens (including phenoxy) is 1. The summed E-state index contributed by atoms with van der Waals surface area (Å²) in [6.45, 7) is 0.661. The van der Waals surface area contributed by atoms with E-state index in [1.165, 1.54) is 6.07 Å². The van der Waals surface area contributed by atoms with Gasteiger partial charge >= 0.3 is 6.61 Å². The van der Waals surface area contributed by atoms with Crippen LogP contribution in [0, 0.1) is 0 Å². The van der Waals surface area contributed by atoms with Gasteiger partial charge in [0.2, 0.25) is 0 Å². The van der Waals surface area contributed by atoms with Crippen molar-refractivity contribution in [1.82, 2.24) is 19.9 Å². The van der Waals surface area contributed by atoms with Crippen molar-refractivity contribution in [3.05, 3.63) is 42.6 Å². The summed E-state index contributed by atoms with van der Waals surface area (Å²) in [5.41, 5.74) is 1.80. The van der Waals surface area contributed by atoms with Gasteiger partial charge in [0, 0.05) is 31.7 Å². The largest absolute Gasteiger partial charge is 0.434 e. The van der Waals surface area contributed by atoms with Gasteiger partial charge in [-0.3, -0.25) is 0 Å². The van der Waals surface area contributed by atoms with Crippen molar-refractivity contribution in [2.75, 3.05) is 31.1 Å². The lowest BCUT2D eigenvalue weighted by atomic mass is 10.1. The molecule has 1 saturated heterocycles. The first kappa shape index (κ1) is 15.8. The minimum Gasteiger partial charge on any atom is -0.434 e. The number of para-hydroxylation sites is 1. The Bertz CT molecular complexity index is 876. The molecule has 1 fully saturated rings. The number of hydrogen-bond acceptors (Lipinski definition) is 5. The Morgan fingerprint density at radius 2 is 1.88 bits per heavy atom. The van der Waals surface area contributed by atoms with Gasteiger partial charge < -0.3 is 15.0 Å². The number of nitrogens with one attached hydrogen (secondary N) is 1. The van der Waals surface area contributed by atoms with Crippen LogP contribution in [0.25, 0.3) is 16.9 Å². The lowest BCUT2D eigenvalue weighted by Crippen LogP contribution is -2.44. The summed E-state index contributed by atoms with van der Waals surface area (Å²) in [7, 11) is 0. The van der Waals surface area contributed by atoms with E-state index in [9.17, 15) is 8.78 Å². The van der Waals surface area contributed by atoms with Crippen LogP contribution in [-0.4, -0.2) is 47.4 Å². The number of halogens is 2. The first-order valence-electron chi connectivity index (χ1n) is 8.07. The van der Waals surface area contributed by atoms with E-state index in [0.29, 0.717) is 16.9 Å². The Morgan fingerprint density at radius 1 is 1.08 bits per heavy atom. The van der Waals surface area contributed by atoms with Crippen LogP contribution < -0.4 is 15.0 Å². The molecule has 3 aromatic rings. The highest BCUT2D eigenvalue weighted by Gasteiger charge is 2.17. The molecule has 0 aliphatic carbocycles. The van der Waals surface area contributed by atoms with E-state index in [0.717, 1.165) is 32.0 Å². The average Bonchev–Trinajstić information content (AvgIpc) is 3.05. The lowest BCUT2D eigenvalue weighted by Gasteiger charge is -2.28. The van der Waals surface area contributed by atoms with Gasteiger partial charge in [-0.15, -0.1) is 5.10 Å². The summed E-state index contributed by atoms with van der Waals surface area (Å²) in [5, 5.41) is 7.97. The van der Waals surface area contributed by atoms with Gasteiger partial charge in [0.05, 0.1) is 11.9 Å². The fourth-order valence-corrected chi connectivity index (χ4v) is 2.99. The second-order valence-electron chi connectivity index (χ2n) is 5.72. The molecule has 4 rings (SSSR count). The molecule has 0 amide bonds. The third-order valence-corrected chi connectivity index (χ3v) is 4.17. The van der Waals surface area contributed by atoms with E-state index in [2.05, 4.69) is 25.0 Å². The molecular weight excluding hydrogens is 328 g/mol. The molecule has 0 spiro atoms. The summed E-state index contributed by atoms with van der Waals surface area (Å²) in [6, 6.07) is 10.5. The van der Waals surface area contributed by atoms with E-state index in [-0.39, 0.29) is 5.75 Å². The first-order chi connectivity index (χ1) is 12.2. The van der Waals surface area contributed by atoms with Crippen molar-refractivity contribution in [2.45, 2.75) is 6.61 Å². The SMILES string of the molecule is FC(F)Oc1ccccc1-c1cnc2ccc(N3CCNCC3)nn12.